The third kappa shape index (κ3) is 5.07. The Hall–Kier alpha value is -2.09. The molecule has 0 fully saturated rings. The summed E-state index contributed by atoms with van der Waals surface area (Å²) in [5, 5.41) is 0. The van der Waals surface area contributed by atoms with E-state index in [9.17, 15) is 4.79 Å². The zero-order valence-corrected chi connectivity index (χ0v) is 12.5. The van der Waals surface area contributed by atoms with Gasteiger partial charge in [0.05, 0.1) is 7.11 Å². The predicted octanol–water partition coefficient (Wildman–Crippen LogP) is 4.68. The van der Waals surface area contributed by atoms with Gasteiger partial charge in [0.2, 0.25) is 0 Å². The molecule has 0 radical (unpaired) electrons. The van der Waals surface area contributed by atoms with Crippen LogP contribution < -0.4 is 4.74 Å². The lowest BCUT2D eigenvalue weighted by Gasteiger charge is -2.04. The molecule has 0 aliphatic rings. The number of methoxy groups -OCH3 is 1. The van der Waals surface area contributed by atoms with E-state index in [0.29, 0.717) is 6.42 Å². The molecule has 0 saturated heterocycles. The number of unbranched alkanes of at least 4 members (excludes halogenated alkanes) is 2. The molecule has 0 saturated carbocycles. The minimum absolute atomic E-state index is 0.220. The second kappa shape index (κ2) is 8.25. The summed E-state index contributed by atoms with van der Waals surface area (Å²) in [7, 11) is 1.63. The van der Waals surface area contributed by atoms with Crippen LogP contribution in [0, 0.1) is 0 Å². The van der Waals surface area contributed by atoms with Gasteiger partial charge in [-0.15, -0.1) is 0 Å². The van der Waals surface area contributed by atoms with E-state index in [1.54, 1.807) is 7.11 Å². The Morgan fingerprint density at radius 2 is 1.62 bits per heavy atom. The maximum absolute atomic E-state index is 12.0. The normalized spacial score (nSPS) is 10.3. The summed E-state index contributed by atoms with van der Waals surface area (Å²) in [4.78, 5) is 12.0. The number of ketones is 1. The molecular weight excluding hydrogens is 260 g/mol. The van der Waals surface area contributed by atoms with Crippen molar-refractivity contribution in [3.63, 3.8) is 0 Å². The second-order valence-corrected chi connectivity index (χ2v) is 5.20. The van der Waals surface area contributed by atoms with Gasteiger partial charge < -0.3 is 4.74 Å². The van der Waals surface area contributed by atoms with Crippen LogP contribution in [0.1, 0.15) is 41.6 Å². The summed E-state index contributed by atoms with van der Waals surface area (Å²) in [6, 6.07) is 17.8. The number of hydrogen-bond acceptors (Lipinski definition) is 2. The molecule has 0 unspecified atom stereocenters. The third-order valence-corrected chi connectivity index (χ3v) is 3.62. The molecule has 0 aliphatic carbocycles. The van der Waals surface area contributed by atoms with E-state index in [2.05, 4.69) is 24.3 Å². The van der Waals surface area contributed by atoms with Crippen LogP contribution in [0.4, 0.5) is 0 Å². The summed E-state index contributed by atoms with van der Waals surface area (Å²) < 4.78 is 5.09. The minimum Gasteiger partial charge on any atom is -0.497 e. The van der Waals surface area contributed by atoms with Crippen LogP contribution in [-0.4, -0.2) is 12.9 Å². The zero-order valence-electron chi connectivity index (χ0n) is 12.5. The number of hydrogen-bond donors (Lipinski definition) is 0. The number of carbonyl (C=O) groups excluding carboxylic acids is 1. The van der Waals surface area contributed by atoms with Gasteiger partial charge in [-0.25, -0.2) is 0 Å². The SMILES string of the molecule is COc1ccc(C(=O)CCCCCc2ccccc2)cc1. The molecule has 0 N–H and O–H groups in total. The van der Waals surface area contributed by atoms with Crippen molar-refractivity contribution in [2.75, 3.05) is 7.11 Å². The maximum atomic E-state index is 12.0. The van der Waals surface area contributed by atoms with Gasteiger partial charge in [0.15, 0.2) is 5.78 Å². The van der Waals surface area contributed by atoms with Gasteiger partial charge in [0.1, 0.15) is 5.75 Å². The molecule has 21 heavy (non-hydrogen) atoms. The topological polar surface area (TPSA) is 26.3 Å². The quantitative estimate of drug-likeness (QED) is 0.519. The second-order valence-electron chi connectivity index (χ2n) is 5.20. The first kappa shape index (κ1) is 15.3. The molecule has 0 amide bonds. The highest BCUT2D eigenvalue weighted by atomic mass is 16.5. The van der Waals surface area contributed by atoms with E-state index in [1.807, 2.05) is 30.3 Å². The zero-order chi connectivity index (χ0) is 14.9. The Kier molecular flexibility index (Phi) is 6.01. The summed E-state index contributed by atoms with van der Waals surface area (Å²) in [5.41, 5.74) is 2.15. The Balaban J connectivity index is 1.67. The molecule has 2 aromatic rings. The third-order valence-electron chi connectivity index (χ3n) is 3.62. The molecule has 0 aliphatic heterocycles. The molecule has 2 aromatic carbocycles. The average molecular weight is 282 g/mol. The van der Waals surface area contributed by atoms with Crippen molar-refractivity contribution in [2.45, 2.75) is 32.1 Å². The van der Waals surface area contributed by atoms with Gasteiger partial charge >= 0.3 is 0 Å². The van der Waals surface area contributed by atoms with Crippen LogP contribution in [-0.2, 0) is 6.42 Å². The molecule has 0 spiro atoms. The summed E-state index contributed by atoms with van der Waals surface area (Å²) in [6.45, 7) is 0. The average Bonchev–Trinajstić information content (AvgIpc) is 2.55. The van der Waals surface area contributed by atoms with E-state index >= 15 is 0 Å². The molecule has 0 atom stereocenters. The van der Waals surface area contributed by atoms with Crippen molar-refractivity contribution in [1.29, 1.82) is 0 Å². The Morgan fingerprint density at radius 1 is 0.905 bits per heavy atom. The van der Waals surface area contributed by atoms with Crippen molar-refractivity contribution in [3.05, 3.63) is 65.7 Å². The molecule has 2 heteroatoms. The van der Waals surface area contributed by atoms with E-state index < -0.39 is 0 Å². The largest absolute Gasteiger partial charge is 0.497 e. The van der Waals surface area contributed by atoms with Gasteiger partial charge in [-0.3, -0.25) is 4.79 Å². The molecular formula is C19H22O2. The van der Waals surface area contributed by atoms with Gasteiger partial charge in [-0.2, -0.15) is 0 Å². The number of Topliss-reactive ketones (excluding diaryl/α,β-unsaturated/α-hetero) is 1. The van der Waals surface area contributed by atoms with Crippen molar-refractivity contribution < 1.29 is 9.53 Å². The van der Waals surface area contributed by atoms with Crippen LogP contribution in [0.3, 0.4) is 0 Å². The highest BCUT2D eigenvalue weighted by Crippen LogP contribution is 2.14. The fourth-order valence-corrected chi connectivity index (χ4v) is 2.36. The van der Waals surface area contributed by atoms with Crippen molar-refractivity contribution >= 4 is 5.78 Å². The van der Waals surface area contributed by atoms with E-state index in [4.69, 9.17) is 4.74 Å². The molecule has 2 nitrogen and oxygen atoms in total. The first-order chi connectivity index (χ1) is 10.3. The number of benzene rings is 2. The Bertz CT molecular complexity index is 544. The molecule has 2 rings (SSSR count). The van der Waals surface area contributed by atoms with Gasteiger partial charge in [-0.1, -0.05) is 36.8 Å². The van der Waals surface area contributed by atoms with Crippen LogP contribution in [0.2, 0.25) is 0 Å². The number of carbonyl (C=O) groups is 1. The maximum Gasteiger partial charge on any atom is 0.162 e. The Morgan fingerprint density at radius 3 is 2.29 bits per heavy atom. The van der Waals surface area contributed by atoms with Crippen LogP contribution in [0.15, 0.2) is 54.6 Å². The first-order valence-corrected chi connectivity index (χ1v) is 7.51. The number of rotatable bonds is 8. The first-order valence-electron chi connectivity index (χ1n) is 7.51. The van der Waals surface area contributed by atoms with E-state index in [1.165, 1.54) is 5.56 Å². The number of aryl methyl sites for hydroxylation is 1. The minimum atomic E-state index is 0.220. The molecule has 0 aromatic heterocycles. The summed E-state index contributed by atoms with van der Waals surface area (Å²) >= 11 is 0. The molecule has 110 valence electrons. The fourth-order valence-electron chi connectivity index (χ4n) is 2.36. The lowest BCUT2D eigenvalue weighted by Crippen LogP contribution is -1.99. The van der Waals surface area contributed by atoms with Gasteiger partial charge in [0.25, 0.3) is 0 Å². The van der Waals surface area contributed by atoms with Crippen molar-refractivity contribution in [3.8, 4) is 5.75 Å². The number of ether oxygens (including phenoxy) is 1. The fraction of sp³-hybridized carbons (Fsp3) is 0.316. The van der Waals surface area contributed by atoms with Crippen LogP contribution in [0.25, 0.3) is 0 Å². The van der Waals surface area contributed by atoms with Gasteiger partial charge in [0, 0.05) is 12.0 Å². The van der Waals surface area contributed by atoms with E-state index in [0.717, 1.165) is 37.0 Å². The highest BCUT2D eigenvalue weighted by molar-refractivity contribution is 5.96. The summed E-state index contributed by atoms with van der Waals surface area (Å²) in [6.07, 6.45) is 4.91. The molecule has 0 bridgehead atoms. The highest BCUT2D eigenvalue weighted by Gasteiger charge is 2.05. The van der Waals surface area contributed by atoms with Gasteiger partial charge in [-0.05, 0) is 49.1 Å². The smallest absolute Gasteiger partial charge is 0.162 e. The Labute approximate surface area is 126 Å². The van der Waals surface area contributed by atoms with E-state index in [-0.39, 0.29) is 5.78 Å². The van der Waals surface area contributed by atoms with Crippen LogP contribution >= 0.6 is 0 Å². The monoisotopic (exact) mass is 282 g/mol. The van der Waals surface area contributed by atoms with Crippen molar-refractivity contribution in [2.24, 2.45) is 0 Å². The van der Waals surface area contributed by atoms with Crippen LogP contribution in [0.5, 0.6) is 5.75 Å². The molecule has 0 heterocycles. The van der Waals surface area contributed by atoms with Crippen molar-refractivity contribution in [1.82, 2.24) is 0 Å². The summed E-state index contributed by atoms with van der Waals surface area (Å²) in [5.74, 6) is 1.01. The lowest BCUT2D eigenvalue weighted by atomic mass is 10.0. The standard InChI is InChI=1S/C19H22O2/c1-21-18-14-12-17(13-15-18)19(20)11-7-3-6-10-16-8-4-2-5-9-16/h2,4-5,8-9,12-15H,3,6-7,10-11H2,1H3. The lowest BCUT2D eigenvalue weighted by molar-refractivity contribution is 0.0979. The predicted molar refractivity (Wildman–Crippen MR) is 85.9 cm³/mol.